The Morgan fingerprint density at radius 3 is 2.72 bits per heavy atom. The molecule has 18 heavy (non-hydrogen) atoms. The normalized spacial score (nSPS) is 10.4. The molecule has 0 aliphatic carbocycles. The average Bonchev–Trinajstić information content (AvgIpc) is 2.40. The largest absolute Gasteiger partial charge is 0.368 e. The van der Waals surface area contributed by atoms with E-state index in [0.717, 1.165) is 30.0 Å². The fourth-order valence-electron chi connectivity index (χ4n) is 1.71. The van der Waals surface area contributed by atoms with Gasteiger partial charge in [-0.15, -0.1) is 0 Å². The van der Waals surface area contributed by atoms with Crippen LogP contribution in [0.5, 0.6) is 0 Å². The first-order chi connectivity index (χ1) is 8.72. The lowest BCUT2D eigenvalue weighted by Gasteiger charge is -2.09. The third-order valence-electron chi connectivity index (χ3n) is 2.67. The molecule has 3 nitrogen and oxygen atoms in total. The molecule has 94 valence electrons. The molecule has 2 aromatic rings. The van der Waals surface area contributed by atoms with Gasteiger partial charge in [0.25, 0.3) is 0 Å². The summed E-state index contributed by atoms with van der Waals surface area (Å²) in [5.74, 6) is 0.538. The van der Waals surface area contributed by atoms with Crippen molar-refractivity contribution < 1.29 is 4.39 Å². The molecule has 0 bridgehead atoms. The molecule has 0 aliphatic rings. The molecule has 0 aliphatic heterocycles. The molecule has 0 spiro atoms. The van der Waals surface area contributed by atoms with Gasteiger partial charge in [0.15, 0.2) is 5.82 Å². The minimum absolute atomic E-state index is 0.203. The maximum absolute atomic E-state index is 13.3. The lowest BCUT2D eigenvalue weighted by molar-refractivity contribution is 0.619. The molecular weight excluding hydrogens is 229 g/mol. The molecule has 0 amide bonds. The maximum atomic E-state index is 13.3. The zero-order chi connectivity index (χ0) is 13.0. The number of nitrogens with zero attached hydrogens (tertiary/aromatic N) is 2. The number of benzene rings is 1. The van der Waals surface area contributed by atoms with E-state index in [1.807, 2.05) is 0 Å². The molecule has 2 rings (SSSR count). The number of aryl methyl sites for hydroxylation is 1. The van der Waals surface area contributed by atoms with Crippen LogP contribution in [-0.2, 0) is 0 Å². The predicted molar refractivity (Wildman–Crippen MR) is 70.9 cm³/mol. The van der Waals surface area contributed by atoms with Gasteiger partial charge in [-0.3, -0.25) is 4.98 Å². The fourth-order valence-corrected chi connectivity index (χ4v) is 1.71. The summed E-state index contributed by atoms with van der Waals surface area (Å²) in [7, 11) is 0. The van der Waals surface area contributed by atoms with Crippen LogP contribution in [0.2, 0.25) is 0 Å². The van der Waals surface area contributed by atoms with E-state index >= 15 is 0 Å². The number of nitrogens with one attached hydrogen (secondary N) is 1. The summed E-state index contributed by atoms with van der Waals surface area (Å²) in [6.07, 6.45) is 4.31. The standard InChI is InChI=1S/C14H16FN3/c1-3-6-17-14-13(16-7-8-18-14)11-4-5-12(15)10(2)9-11/h4-5,7-9H,3,6H2,1-2H3,(H,17,18). The Kier molecular flexibility index (Phi) is 3.87. The minimum Gasteiger partial charge on any atom is -0.368 e. The van der Waals surface area contributed by atoms with Gasteiger partial charge in [0.1, 0.15) is 11.5 Å². The van der Waals surface area contributed by atoms with Crippen LogP contribution in [-0.4, -0.2) is 16.5 Å². The summed E-state index contributed by atoms with van der Waals surface area (Å²) < 4.78 is 13.3. The molecule has 0 saturated carbocycles. The second-order valence-electron chi connectivity index (χ2n) is 4.14. The van der Waals surface area contributed by atoms with Crippen molar-refractivity contribution >= 4 is 5.82 Å². The van der Waals surface area contributed by atoms with Crippen LogP contribution in [0, 0.1) is 12.7 Å². The highest BCUT2D eigenvalue weighted by Crippen LogP contribution is 2.25. The van der Waals surface area contributed by atoms with Crippen molar-refractivity contribution in [3.8, 4) is 11.3 Å². The first-order valence-corrected chi connectivity index (χ1v) is 6.03. The zero-order valence-electron chi connectivity index (χ0n) is 10.6. The molecule has 1 aromatic heterocycles. The van der Waals surface area contributed by atoms with E-state index in [4.69, 9.17) is 0 Å². The van der Waals surface area contributed by atoms with Crippen LogP contribution < -0.4 is 5.32 Å². The van der Waals surface area contributed by atoms with E-state index in [1.54, 1.807) is 31.5 Å². The average molecular weight is 245 g/mol. The topological polar surface area (TPSA) is 37.8 Å². The third-order valence-corrected chi connectivity index (χ3v) is 2.67. The highest BCUT2D eigenvalue weighted by molar-refractivity contribution is 5.71. The Balaban J connectivity index is 2.39. The summed E-state index contributed by atoms with van der Waals surface area (Å²) in [5.41, 5.74) is 2.24. The molecular formula is C14H16FN3. The van der Waals surface area contributed by atoms with Crippen molar-refractivity contribution in [3.05, 3.63) is 42.0 Å². The van der Waals surface area contributed by atoms with Crippen molar-refractivity contribution in [1.29, 1.82) is 0 Å². The smallest absolute Gasteiger partial charge is 0.152 e. The van der Waals surface area contributed by atoms with Gasteiger partial charge >= 0.3 is 0 Å². The summed E-state index contributed by atoms with van der Waals surface area (Å²) in [4.78, 5) is 8.60. The minimum atomic E-state index is -0.203. The van der Waals surface area contributed by atoms with E-state index in [2.05, 4.69) is 22.2 Å². The summed E-state index contributed by atoms with van der Waals surface area (Å²) >= 11 is 0. The molecule has 1 aromatic carbocycles. The number of hydrogen-bond donors (Lipinski definition) is 1. The van der Waals surface area contributed by atoms with Gasteiger partial charge in [-0.2, -0.15) is 0 Å². The van der Waals surface area contributed by atoms with Crippen LogP contribution in [0.25, 0.3) is 11.3 Å². The lowest BCUT2D eigenvalue weighted by Crippen LogP contribution is -2.04. The van der Waals surface area contributed by atoms with E-state index in [9.17, 15) is 4.39 Å². The van der Waals surface area contributed by atoms with Crippen molar-refractivity contribution in [2.75, 3.05) is 11.9 Å². The molecule has 0 radical (unpaired) electrons. The zero-order valence-corrected chi connectivity index (χ0v) is 10.6. The van der Waals surface area contributed by atoms with Crippen LogP contribution >= 0.6 is 0 Å². The Morgan fingerprint density at radius 1 is 1.22 bits per heavy atom. The highest BCUT2D eigenvalue weighted by Gasteiger charge is 2.08. The lowest BCUT2D eigenvalue weighted by atomic mass is 10.1. The van der Waals surface area contributed by atoms with Gasteiger partial charge in [0.2, 0.25) is 0 Å². The summed E-state index contributed by atoms with van der Waals surface area (Å²) in [5, 5.41) is 3.23. The van der Waals surface area contributed by atoms with Gasteiger partial charge in [0, 0.05) is 24.5 Å². The number of aromatic nitrogens is 2. The second kappa shape index (κ2) is 5.58. The van der Waals surface area contributed by atoms with Gasteiger partial charge in [-0.1, -0.05) is 6.92 Å². The third kappa shape index (κ3) is 2.64. The van der Waals surface area contributed by atoms with Crippen molar-refractivity contribution in [3.63, 3.8) is 0 Å². The monoisotopic (exact) mass is 245 g/mol. The Morgan fingerprint density at radius 2 is 2.00 bits per heavy atom. The Hall–Kier alpha value is -1.97. The van der Waals surface area contributed by atoms with E-state index < -0.39 is 0 Å². The molecule has 4 heteroatoms. The van der Waals surface area contributed by atoms with Crippen LogP contribution in [0.1, 0.15) is 18.9 Å². The van der Waals surface area contributed by atoms with Crippen LogP contribution in [0.3, 0.4) is 0 Å². The number of hydrogen-bond acceptors (Lipinski definition) is 3. The van der Waals surface area contributed by atoms with Gasteiger partial charge in [-0.25, -0.2) is 9.37 Å². The first-order valence-electron chi connectivity index (χ1n) is 6.03. The number of rotatable bonds is 4. The highest BCUT2D eigenvalue weighted by atomic mass is 19.1. The quantitative estimate of drug-likeness (QED) is 0.897. The molecule has 0 saturated heterocycles. The summed E-state index contributed by atoms with van der Waals surface area (Å²) in [6.45, 7) is 4.67. The SMILES string of the molecule is CCCNc1nccnc1-c1ccc(F)c(C)c1. The van der Waals surface area contributed by atoms with Gasteiger partial charge < -0.3 is 5.32 Å². The van der Waals surface area contributed by atoms with Crippen molar-refractivity contribution in [2.45, 2.75) is 20.3 Å². The molecule has 1 heterocycles. The molecule has 0 atom stereocenters. The van der Waals surface area contributed by atoms with Crippen LogP contribution in [0.15, 0.2) is 30.6 Å². The van der Waals surface area contributed by atoms with Gasteiger partial charge in [-0.05, 0) is 37.1 Å². The predicted octanol–water partition coefficient (Wildman–Crippen LogP) is 3.41. The van der Waals surface area contributed by atoms with E-state index in [1.165, 1.54) is 6.07 Å². The van der Waals surface area contributed by atoms with Crippen LogP contribution in [0.4, 0.5) is 10.2 Å². The summed E-state index contributed by atoms with van der Waals surface area (Å²) in [6, 6.07) is 4.98. The molecule has 0 fully saturated rings. The maximum Gasteiger partial charge on any atom is 0.152 e. The Bertz CT molecular complexity index is 540. The van der Waals surface area contributed by atoms with Gasteiger partial charge in [0.05, 0.1) is 0 Å². The Labute approximate surface area is 106 Å². The van der Waals surface area contributed by atoms with Crippen molar-refractivity contribution in [1.82, 2.24) is 9.97 Å². The van der Waals surface area contributed by atoms with E-state index in [-0.39, 0.29) is 5.82 Å². The number of halogens is 1. The first kappa shape index (κ1) is 12.5. The molecule has 0 unspecified atom stereocenters. The molecule has 1 N–H and O–H groups in total. The number of anilines is 1. The fraction of sp³-hybridized carbons (Fsp3) is 0.286. The second-order valence-corrected chi connectivity index (χ2v) is 4.14. The van der Waals surface area contributed by atoms with E-state index in [0.29, 0.717) is 5.56 Å². The van der Waals surface area contributed by atoms with Crippen molar-refractivity contribution in [2.24, 2.45) is 0 Å².